The molecule has 8 rings (SSSR count). The van der Waals surface area contributed by atoms with E-state index in [2.05, 4.69) is 97.1 Å². The highest BCUT2D eigenvalue weighted by molar-refractivity contribution is 6.27. The van der Waals surface area contributed by atoms with Gasteiger partial charge in [-0.1, -0.05) is 84.9 Å². The lowest BCUT2D eigenvalue weighted by molar-refractivity contribution is 1.27. The molecule has 0 unspecified atom stereocenters. The maximum Gasteiger partial charge on any atom is -0.000706 e. The summed E-state index contributed by atoms with van der Waals surface area (Å²) in [6.07, 6.45) is 2.05. The molecule has 0 aromatic heterocycles. The first kappa shape index (κ1) is 16.8. The molecule has 0 amide bonds. The molecule has 0 atom stereocenters. The summed E-state index contributed by atoms with van der Waals surface area (Å²) >= 11 is 0. The van der Waals surface area contributed by atoms with Crippen molar-refractivity contribution in [2.75, 3.05) is 0 Å². The van der Waals surface area contributed by atoms with E-state index in [1.165, 1.54) is 76.8 Å². The molecule has 2 aliphatic rings. The van der Waals surface area contributed by atoms with Crippen LogP contribution in [0.15, 0.2) is 97.1 Å². The van der Waals surface area contributed by atoms with Crippen molar-refractivity contribution in [2.45, 2.75) is 12.8 Å². The van der Waals surface area contributed by atoms with Crippen LogP contribution < -0.4 is 0 Å². The summed E-state index contributed by atoms with van der Waals surface area (Å²) in [5.74, 6) is 0. The Hall–Kier alpha value is -3.90. The van der Waals surface area contributed by atoms with E-state index in [1.807, 2.05) is 0 Å². The zero-order chi connectivity index (χ0) is 20.8. The van der Waals surface area contributed by atoms with E-state index in [0.717, 1.165) is 12.8 Å². The Labute approximate surface area is 186 Å². The van der Waals surface area contributed by atoms with Gasteiger partial charge in [0.1, 0.15) is 0 Å². The van der Waals surface area contributed by atoms with E-state index in [4.69, 9.17) is 0 Å². The minimum absolute atomic E-state index is 1.02. The molecule has 0 aliphatic heterocycles. The van der Waals surface area contributed by atoms with E-state index in [0.29, 0.717) is 0 Å². The highest BCUT2D eigenvalue weighted by Gasteiger charge is 2.24. The Bertz CT molecular complexity index is 1760. The van der Waals surface area contributed by atoms with Crippen molar-refractivity contribution in [3.63, 3.8) is 0 Å². The van der Waals surface area contributed by atoms with Crippen LogP contribution in [-0.2, 0) is 12.8 Å². The van der Waals surface area contributed by atoms with Crippen molar-refractivity contribution in [1.82, 2.24) is 0 Å². The smallest absolute Gasteiger partial charge is 0.000706 e. The Morgan fingerprint density at radius 1 is 0.375 bits per heavy atom. The van der Waals surface area contributed by atoms with Gasteiger partial charge in [-0.25, -0.2) is 0 Å². The van der Waals surface area contributed by atoms with Crippen molar-refractivity contribution in [3.8, 4) is 22.3 Å². The lowest BCUT2D eigenvalue weighted by Gasteiger charge is -2.15. The Kier molecular flexibility index (Phi) is 3.07. The van der Waals surface area contributed by atoms with Crippen molar-refractivity contribution in [2.24, 2.45) is 0 Å². The van der Waals surface area contributed by atoms with Crippen molar-refractivity contribution >= 4 is 32.3 Å². The predicted octanol–water partition coefficient (Wildman–Crippen LogP) is 8.29. The minimum atomic E-state index is 1.02. The summed E-state index contributed by atoms with van der Waals surface area (Å²) in [4.78, 5) is 0. The first-order valence-corrected chi connectivity index (χ1v) is 11.5. The second kappa shape index (κ2) is 5.87. The molecule has 2 aliphatic carbocycles. The summed E-state index contributed by atoms with van der Waals surface area (Å²) in [5.41, 5.74) is 11.5. The van der Waals surface area contributed by atoms with Gasteiger partial charge in [0, 0.05) is 0 Å². The number of rotatable bonds is 0. The molecule has 0 radical (unpaired) electrons. The highest BCUT2D eigenvalue weighted by atomic mass is 14.3. The molecule has 148 valence electrons. The van der Waals surface area contributed by atoms with Crippen molar-refractivity contribution in [1.29, 1.82) is 0 Å². The average molecular weight is 405 g/mol. The summed E-state index contributed by atoms with van der Waals surface area (Å²) in [7, 11) is 0. The Morgan fingerprint density at radius 2 is 1.00 bits per heavy atom. The molecule has 0 heterocycles. The summed E-state index contributed by atoms with van der Waals surface area (Å²) in [6, 6.07) is 36.5. The van der Waals surface area contributed by atoms with Crippen molar-refractivity contribution in [3.05, 3.63) is 119 Å². The molecule has 0 bridgehead atoms. The van der Waals surface area contributed by atoms with E-state index in [1.54, 1.807) is 0 Å². The van der Waals surface area contributed by atoms with Gasteiger partial charge in [0.25, 0.3) is 0 Å². The van der Waals surface area contributed by atoms with Gasteiger partial charge in [-0.05, 0) is 102 Å². The quantitative estimate of drug-likeness (QED) is 0.223. The van der Waals surface area contributed by atoms with Gasteiger partial charge in [-0.15, -0.1) is 0 Å². The van der Waals surface area contributed by atoms with Crippen LogP contribution in [0.2, 0.25) is 0 Å². The molecule has 0 saturated heterocycles. The first-order valence-electron chi connectivity index (χ1n) is 11.5. The van der Waals surface area contributed by atoms with Crippen LogP contribution in [0.25, 0.3) is 54.6 Å². The number of hydrogen-bond donors (Lipinski definition) is 0. The van der Waals surface area contributed by atoms with Crippen LogP contribution >= 0.6 is 0 Å². The molecule has 0 spiro atoms. The van der Waals surface area contributed by atoms with Gasteiger partial charge >= 0.3 is 0 Å². The average Bonchev–Trinajstić information content (AvgIpc) is 3.40. The molecule has 0 heteroatoms. The zero-order valence-electron chi connectivity index (χ0n) is 17.7. The van der Waals surface area contributed by atoms with Crippen LogP contribution in [0.3, 0.4) is 0 Å². The number of hydrogen-bond acceptors (Lipinski definition) is 0. The van der Waals surface area contributed by atoms with Crippen LogP contribution in [-0.4, -0.2) is 0 Å². The molecule has 32 heavy (non-hydrogen) atoms. The molecule has 0 nitrogen and oxygen atoms in total. The number of benzene rings is 6. The van der Waals surface area contributed by atoms with Gasteiger partial charge in [0.2, 0.25) is 0 Å². The van der Waals surface area contributed by atoms with Gasteiger partial charge < -0.3 is 0 Å². The molecule has 0 N–H and O–H groups in total. The van der Waals surface area contributed by atoms with Crippen LogP contribution in [0.5, 0.6) is 0 Å². The summed E-state index contributed by atoms with van der Waals surface area (Å²) < 4.78 is 0. The largest absolute Gasteiger partial charge is 0.0619 e. The standard InChI is InChI=1S/C32H20/c1-4-10-23-19(7-1)15-21-17-29-24-11-5-6-12-26(24)32-27(30(29)18-28(21)23)14-13-25-22-9-3-2-8-20(22)16-31(25)32/h1-14,17-18H,15-16H2. The molecule has 0 fully saturated rings. The minimum Gasteiger partial charge on any atom is -0.0619 e. The van der Waals surface area contributed by atoms with Gasteiger partial charge in [-0.3, -0.25) is 0 Å². The third-order valence-electron chi connectivity index (χ3n) is 7.70. The maximum atomic E-state index is 2.47. The normalized spacial score (nSPS) is 13.4. The fraction of sp³-hybridized carbons (Fsp3) is 0.0625. The fourth-order valence-electron chi connectivity index (χ4n) is 6.31. The van der Waals surface area contributed by atoms with Gasteiger partial charge in [0.05, 0.1) is 0 Å². The summed E-state index contributed by atoms with van der Waals surface area (Å²) in [6.45, 7) is 0. The molecular weight excluding hydrogens is 384 g/mol. The Balaban J connectivity index is 1.56. The van der Waals surface area contributed by atoms with E-state index in [-0.39, 0.29) is 0 Å². The topological polar surface area (TPSA) is 0 Å². The van der Waals surface area contributed by atoms with E-state index in [9.17, 15) is 0 Å². The second-order valence-corrected chi connectivity index (χ2v) is 9.28. The first-order chi connectivity index (χ1) is 15.9. The maximum absolute atomic E-state index is 2.47. The SMILES string of the molecule is c1ccc2c(c1)Cc1cc3c4ccccc4c4c5c(ccc4c3cc1-2)-c1ccccc1C5. The van der Waals surface area contributed by atoms with Crippen LogP contribution in [0.1, 0.15) is 22.3 Å². The molecule has 6 aromatic carbocycles. The van der Waals surface area contributed by atoms with Gasteiger partial charge in [-0.2, -0.15) is 0 Å². The zero-order valence-corrected chi connectivity index (χ0v) is 17.7. The molecule has 6 aromatic rings. The Morgan fingerprint density at radius 3 is 1.84 bits per heavy atom. The summed E-state index contributed by atoms with van der Waals surface area (Å²) in [5, 5.41) is 8.35. The lowest BCUT2D eigenvalue weighted by atomic mass is 9.88. The van der Waals surface area contributed by atoms with Crippen molar-refractivity contribution < 1.29 is 0 Å². The monoisotopic (exact) mass is 404 g/mol. The third-order valence-corrected chi connectivity index (χ3v) is 7.70. The second-order valence-electron chi connectivity index (χ2n) is 9.28. The van der Waals surface area contributed by atoms with Crippen LogP contribution in [0, 0.1) is 0 Å². The van der Waals surface area contributed by atoms with Gasteiger partial charge in [0.15, 0.2) is 0 Å². The van der Waals surface area contributed by atoms with E-state index >= 15 is 0 Å². The highest BCUT2D eigenvalue weighted by Crippen LogP contribution is 2.47. The lowest BCUT2D eigenvalue weighted by Crippen LogP contribution is -1.91. The molecule has 0 saturated carbocycles. The fourth-order valence-corrected chi connectivity index (χ4v) is 6.31. The van der Waals surface area contributed by atoms with E-state index < -0.39 is 0 Å². The third kappa shape index (κ3) is 2.03. The predicted molar refractivity (Wildman–Crippen MR) is 135 cm³/mol. The van der Waals surface area contributed by atoms with Crippen LogP contribution in [0.4, 0.5) is 0 Å². The number of fused-ring (bicyclic) bond motifs is 13. The molecular formula is C32H20.